The molecular weight excluding hydrogens is 402 g/mol. The van der Waals surface area contributed by atoms with E-state index in [1.165, 1.54) is 6.20 Å². The van der Waals surface area contributed by atoms with Crippen LogP contribution in [0.25, 0.3) is 21.3 Å². The van der Waals surface area contributed by atoms with Gasteiger partial charge in [-0.15, -0.1) is 11.3 Å². The number of carboxylic acid groups (broad SMARTS) is 1. The molecule has 7 heteroatoms. The number of carboxylic acids is 1. The van der Waals surface area contributed by atoms with E-state index in [0.29, 0.717) is 34.2 Å². The van der Waals surface area contributed by atoms with Gasteiger partial charge < -0.3 is 14.8 Å². The number of allylic oxidation sites excluding steroid dienone is 1. The van der Waals surface area contributed by atoms with Crippen LogP contribution in [-0.2, 0) is 6.42 Å². The van der Waals surface area contributed by atoms with Crippen LogP contribution >= 0.6 is 11.3 Å². The molecule has 1 fully saturated rings. The van der Waals surface area contributed by atoms with Gasteiger partial charge in [-0.25, -0.2) is 4.79 Å². The number of hydrogen-bond donors (Lipinski definition) is 2. The lowest BCUT2D eigenvalue weighted by molar-refractivity contribution is 0.0695. The number of hydrogen-bond acceptors (Lipinski definition) is 5. The maximum atomic E-state index is 12.8. The van der Waals surface area contributed by atoms with E-state index in [4.69, 9.17) is 4.74 Å². The Balaban J connectivity index is 1.82. The fourth-order valence-electron chi connectivity index (χ4n) is 4.19. The van der Waals surface area contributed by atoms with Crippen LogP contribution in [0.3, 0.4) is 0 Å². The molecule has 0 saturated heterocycles. The Morgan fingerprint density at radius 2 is 2.03 bits per heavy atom. The standard InChI is InChI=1S/C23H19NO5S/c1-10-3-6-16-13(20(10)25)8-17(30-16)18-12(11-4-5-11)7-14-19(22(18)29-2)24-9-15(21(14)26)23(27)28/h7-9,11H,1,3-6H2,2H3,(H,24,26)(H,27,28). The number of methoxy groups -OCH3 is 1. The molecule has 2 aliphatic rings. The number of aromatic nitrogens is 1. The van der Waals surface area contributed by atoms with Gasteiger partial charge in [0.2, 0.25) is 5.43 Å². The van der Waals surface area contributed by atoms with E-state index < -0.39 is 11.4 Å². The van der Waals surface area contributed by atoms with E-state index in [1.54, 1.807) is 24.5 Å². The van der Waals surface area contributed by atoms with Crippen molar-refractivity contribution in [1.29, 1.82) is 0 Å². The van der Waals surface area contributed by atoms with Crippen LogP contribution in [0.2, 0.25) is 0 Å². The zero-order valence-electron chi connectivity index (χ0n) is 16.3. The van der Waals surface area contributed by atoms with E-state index in [9.17, 15) is 19.5 Å². The molecule has 6 nitrogen and oxygen atoms in total. The van der Waals surface area contributed by atoms with Crippen LogP contribution < -0.4 is 10.2 Å². The van der Waals surface area contributed by atoms with Crippen LogP contribution in [0.15, 0.2) is 35.3 Å². The van der Waals surface area contributed by atoms with Crippen LogP contribution in [0, 0.1) is 0 Å². The Morgan fingerprint density at radius 1 is 1.27 bits per heavy atom. The zero-order chi connectivity index (χ0) is 21.2. The molecule has 5 rings (SSSR count). The smallest absolute Gasteiger partial charge is 0.341 e. The number of aryl methyl sites for hydroxylation is 1. The quantitative estimate of drug-likeness (QED) is 0.604. The lowest BCUT2D eigenvalue weighted by atomic mass is 9.92. The number of pyridine rings is 1. The van der Waals surface area contributed by atoms with Crippen molar-refractivity contribution in [2.75, 3.05) is 7.11 Å². The number of H-pyrrole nitrogens is 1. The van der Waals surface area contributed by atoms with Crippen molar-refractivity contribution in [3.8, 4) is 16.2 Å². The number of thiophene rings is 1. The zero-order valence-corrected chi connectivity index (χ0v) is 17.1. The molecule has 0 bridgehead atoms. The van der Waals surface area contributed by atoms with Crippen molar-refractivity contribution in [2.24, 2.45) is 0 Å². The number of ether oxygens (including phenoxy) is 1. The normalized spacial score (nSPS) is 16.0. The van der Waals surface area contributed by atoms with Crippen LogP contribution in [0.5, 0.6) is 5.75 Å². The predicted octanol–water partition coefficient (Wildman–Crippen LogP) is 4.53. The third-order valence-electron chi connectivity index (χ3n) is 5.89. The topological polar surface area (TPSA) is 96.5 Å². The summed E-state index contributed by atoms with van der Waals surface area (Å²) in [7, 11) is 1.54. The van der Waals surface area contributed by atoms with E-state index in [-0.39, 0.29) is 17.3 Å². The number of Topliss-reactive ketones (excluding diaryl/α,β-unsaturated/α-hetero) is 1. The fourth-order valence-corrected chi connectivity index (χ4v) is 5.41. The molecule has 2 heterocycles. The Kier molecular flexibility index (Phi) is 4.18. The first-order valence-corrected chi connectivity index (χ1v) is 10.6. The number of ketones is 1. The first kappa shape index (κ1) is 18.8. The highest BCUT2D eigenvalue weighted by Crippen LogP contribution is 2.51. The third-order valence-corrected chi connectivity index (χ3v) is 7.10. The van der Waals surface area contributed by atoms with Gasteiger partial charge in [-0.1, -0.05) is 6.58 Å². The summed E-state index contributed by atoms with van der Waals surface area (Å²) in [5.74, 6) is -0.478. The van der Waals surface area contributed by atoms with Gasteiger partial charge in [0.25, 0.3) is 0 Å². The highest BCUT2D eigenvalue weighted by molar-refractivity contribution is 7.16. The molecule has 0 unspecified atom stereocenters. The Labute approximate surface area is 175 Å². The molecule has 152 valence electrons. The largest absolute Gasteiger partial charge is 0.494 e. The Morgan fingerprint density at radius 3 is 2.70 bits per heavy atom. The first-order chi connectivity index (χ1) is 14.4. The van der Waals surface area contributed by atoms with Crippen molar-refractivity contribution in [1.82, 2.24) is 4.98 Å². The van der Waals surface area contributed by atoms with Gasteiger partial charge in [0, 0.05) is 27.1 Å². The van der Waals surface area contributed by atoms with Gasteiger partial charge in [-0.3, -0.25) is 9.59 Å². The first-order valence-electron chi connectivity index (χ1n) is 9.75. The third kappa shape index (κ3) is 2.73. The molecular formula is C23H19NO5S. The highest BCUT2D eigenvalue weighted by atomic mass is 32.1. The highest BCUT2D eigenvalue weighted by Gasteiger charge is 2.32. The second-order valence-corrected chi connectivity index (χ2v) is 8.92. The van der Waals surface area contributed by atoms with Gasteiger partial charge in [0.15, 0.2) is 11.5 Å². The summed E-state index contributed by atoms with van der Waals surface area (Å²) < 4.78 is 5.75. The van der Waals surface area contributed by atoms with Gasteiger partial charge in [0.05, 0.1) is 18.0 Å². The van der Waals surface area contributed by atoms with Crippen molar-refractivity contribution in [3.63, 3.8) is 0 Å². The summed E-state index contributed by atoms with van der Waals surface area (Å²) in [6.45, 7) is 3.88. The van der Waals surface area contributed by atoms with Crippen molar-refractivity contribution >= 4 is 34.0 Å². The van der Waals surface area contributed by atoms with E-state index in [2.05, 4.69) is 11.6 Å². The lowest BCUT2D eigenvalue weighted by Gasteiger charge is -2.16. The lowest BCUT2D eigenvalue weighted by Crippen LogP contribution is -2.16. The number of benzene rings is 1. The maximum absolute atomic E-state index is 12.8. The minimum Gasteiger partial charge on any atom is -0.494 e. The summed E-state index contributed by atoms with van der Waals surface area (Å²) in [5, 5.41) is 9.63. The molecule has 1 aromatic carbocycles. The van der Waals surface area contributed by atoms with Gasteiger partial charge in [0.1, 0.15) is 5.56 Å². The van der Waals surface area contributed by atoms with E-state index >= 15 is 0 Å². The van der Waals surface area contributed by atoms with Crippen molar-refractivity contribution < 1.29 is 19.4 Å². The maximum Gasteiger partial charge on any atom is 0.341 e. The number of nitrogens with one attached hydrogen (secondary N) is 1. The molecule has 3 aromatic rings. The Hall–Kier alpha value is -3.19. The second-order valence-electron chi connectivity index (χ2n) is 7.79. The molecule has 0 atom stereocenters. The van der Waals surface area contributed by atoms with Crippen LogP contribution in [0.1, 0.15) is 56.3 Å². The second kappa shape index (κ2) is 6.67. The molecule has 30 heavy (non-hydrogen) atoms. The van der Waals surface area contributed by atoms with Crippen molar-refractivity contribution in [2.45, 2.75) is 31.6 Å². The monoisotopic (exact) mass is 421 g/mol. The molecule has 2 N–H and O–H groups in total. The molecule has 0 aliphatic heterocycles. The molecule has 1 saturated carbocycles. The average molecular weight is 421 g/mol. The summed E-state index contributed by atoms with van der Waals surface area (Å²) in [6.07, 6.45) is 4.67. The van der Waals surface area contributed by atoms with Crippen LogP contribution in [-0.4, -0.2) is 29.0 Å². The van der Waals surface area contributed by atoms with Gasteiger partial charge in [-0.2, -0.15) is 0 Å². The minimum absolute atomic E-state index is 0.00835. The number of rotatable bonds is 4. The summed E-state index contributed by atoms with van der Waals surface area (Å²) >= 11 is 1.58. The molecule has 2 aliphatic carbocycles. The SMILES string of the molecule is C=C1CCc2sc(-c3c(C4CC4)cc4c(=O)c(C(=O)O)c[nH]c4c3OC)cc2C1=O. The summed E-state index contributed by atoms with van der Waals surface area (Å²) in [6, 6.07) is 3.71. The van der Waals surface area contributed by atoms with Gasteiger partial charge >= 0.3 is 5.97 Å². The number of aromatic carboxylic acids is 1. The average Bonchev–Trinajstić information content (AvgIpc) is 3.48. The molecule has 0 radical (unpaired) electrons. The number of carbonyl (C=O) groups excluding carboxylic acids is 1. The summed E-state index contributed by atoms with van der Waals surface area (Å²) in [5.41, 5.74) is 2.82. The fraction of sp³-hybridized carbons (Fsp3) is 0.261. The molecule has 2 aromatic heterocycles. The van der Waals surface area contributed by atoms with E-state index in [1.807, 2.05) is 6.07 Å². The van der Waals surface area contributed by atoms with E-state index in [0.717, 1.165) is 40.1 Å². The van der Waals surface area contributed by atoms with Crippen molar-refractivity contribution in [3.05, 3.63) is 62.3 Å². The van der Waals surface area contributed by atoms with Gasteiger partial charge in [-0.05, 0) is 54.9 Å². The number of carbonyl (C=O) groups is 2. The van der Waals surface area contributed by atoms with Crippen LogP contribution in [0.4, 0.5) is 0 Å². The summed E-state index contributed by atoms with van der Waals surface area (Å²) in [4.78, 5) is 41.7. The number of fused-ring (bicyclic) bond motifs is 2. The number of aromatic amines is 1. The predicted molar refractivity (Wildman–Crippen MR) is 115 cm³/mol. The molecule has 0 amide bonds. The minimum atomic E-state index is -1.26. The Bertz CT molecular complexity index is 1330. The molecule has 0 spiro atoms.